The third-order valence-corrected chi connectivity index (χ3v) is 6.44. The monoisotopic (exact) mass is 377 g/mol. The zero-order valence-electron chi connectivity index (χ0n) is 12.6. The number of hydrogen-bond donors (Lipinski definition) is 0. The van der Waals surface area contributed by atoms with Gasteiger partial charge in [0.05, 0.1) is 23.6 Å². The van der Waals surface area contributed by atoms with Crippen molar-refractivity contribution < 1.29 is 9.67 Å². The molecular formula is C16H12ClN3O2S2. The summed E-state index contributed by atoms with van der Waals surface area (Å²) in [4.78, 5) is 18.1. The van der Waals surface area contributed by atoms with Gasteiger partial charge in [-0.3, -0.25) is 0 Å². The van der Waals surface area contributed by atoms with Crippen LogP contribution in [0.1, 0.15) is 10.9 Å². The first-order chi connectivity index (χ1) is 11.6. The van der Waals surface area contributed by atoms with E-state index in [1.165, 1.54) is 23.1 Å². The Morgan fingerprint density at radius 2 is 2.12 bits per heavy atom. The molecular weight excluding hydrogens is 366 g/mol. The van der Waals surface area contributed by atoms with E-state index in [1.54, 1.807) is 34.5 Å². The molecule has 8 heteroatoms. The first-order valence-electron chi connectivity index (χ1n) is 7.23. The van der Waals surface area contributed by atoms with E-state index in [-0.39, 0.29) is 23.0 Å². The lowest BCUT2D eigenvalue weighted by Crippen LogP contribution is -2.43. The highest BCUT2D eigenvalue weighted by Crippen LogP contribution is 2.38. The van der Waals surface area contributed by atoms with Crippen molar-refractivity contribution in [3.8, 4) is 17.0 Å². The number of halogens is 1. The zero-order valence-corrected chi connectivity index (χ0v) is 15.0. The summed E-state index contributed by atoms with van der Waals surface area (Å²) in [6, 6.07) is 8.91. The molecule has 1 aliphatic heterocycles. The zero-order chi connectivity index (χ0) is 16.8. The van der Waals surface area contributed by atoms with E-state index in [2.05, 4.69) is 4.98 Å². The van der Waals surface area contributed by atoms with Crippen LogP contribution in [0.2, 0.25) is 4.47 Å². The highest BCUT2D eigenvalue weighted by Gasteiger charge is 2.37. The lowest BCUT2D eigenvalue weighted by atomic mass is 10.1. The maximum absolute atomic E-state index is 13.1. The molecule has 1 aliphatic rings. The summed E-state index contributed by atoms with van der Waals surface area (Å²) < 4.78 is 3.69. The second-order valence-electron chi connectivity index (χ2n) is 5.41. The molecule has 1 aromatic carbocycles. The van der Waals surface area contributed by atoms with E-state index < -0.39 is 0 Å². The van der Waals surface area contributed by atoms with Crippen LogP contribution in [0, 0.1) is 0 Å². The first kappa shape index (κ1) is 15.7. The molecule has 0 saturated carbocycles. The summed E-state index contributed by atoms with van der Waals surface area (Å²) in [5.74, 6) is 0.409. The summed E-state index contributed by atoms with van der Waals surface area (Å²) in [6.07, 6.45) is 1.70. The molecule has 0 amide bonds. The number of fused-ring (bicyclic) bond motifs is 1. The van der Waals surface area contributed by atoms with Gasteiger partial charge < -0.3 is 5.11 Å². The fraction of sp³-hybridized carbons (Fsp3) is 0.188. The highest BCUT2D eigenvalue weighted by atomic mass is 35.5. The minimum atomic E-state index is -0.270. The van der Waals surface area contributed by atoms with Crippen LogP contribution in [0.4, 0.5) is 0 Å². The number of rotatable bonds is 2. The quantitative estimate of drug-likeness (QED) is 0.507. The number of thiazole rings is 1. The van der Waals surface area contributed by atoms with Crippen LogP contribution in [0.5, 0.6) is 5.88 Å². The van der Waals surface area contributed by atoms with Crippen LogP contribution in [-0.2, 0) is 7.05 Å². The standard InChI is InChI=1S/C16H12ClN3O2S2/c1-19-13(21)12(9-5-3-2-4-6-9)14(22)20-10(8-23-16(19)20)11-7-18-15(17)24-11/h2-7,10H,8H2,1H3. The minimum Gasteiger partial charge on any atom is -0.842 e. The van der Waals surface area contributed by atoms with Crippen molar-refractivity contribution in [3.63, 3.8) is 0 Å². The van der Waals surface area contributed by atoms with E-state index >= 15 is 0 Å². The smallest absolute Gasteiger partial charge is 0.345 e. The van der Waals surface area contributed by atoms with Gasteiger partial charge >= 0.3 is 10.7 Å². The molecule has 5 nitrogen and oxygen atoms in total. The number of hydrogen-bond acceptors (Lipinski definition) is 5. The lowest BCUT2D eigenvalue weighted by Gasteiger charge is -2.16. The molecule has 0 spiro atoms. The van der Waals surface area contributed by atoms with Crippen LogP contribution in [0.15, 0.2) is 46.5 Å². The summed E-state index contributed by atoms with van der Waals surface area (Å²) in [5.41, 5.74) is 0.570. The molecule has 0 aliphatic carbocycles. The SMILES string of the molecule is C[n+]1c([O-])c(-c2ccccc2)c(=O)n2c1SCC2c1cnc(Cl)s1. The van der Waals surface area contributed by atoms with Gasteiger partial charge in [-0.15, -0.1) is 11.3 Å². The van der Waals surface area contributed by atoms with E-state index in [0.717, 1.165) is 4.88 Å². The Morgan fingerprint density at radius 3 is 2.79 bits per heavy atom. The minimum absolute atomic E-state index is 0.156. The summed E-state index contributed by atoms with van der Waals surface area (Å²) >= 11 is 8.81. The number of aromatic nitrogens is 3. The molecule has 1 atom stereocenters. The van der Waals surface area contributed by atoms with Gasteiger partial charge in [0.1, 0.15) is 5.56 Å². The summed E-state index contributed by atoms with van der Waals surface area (Å²) in [7, 11) is 1.70. The van der Waals surface area contributed by atoms with Crippen LogP contribution >= 0.6 is 34.7 Å². The van der Waals surface area contributed by atoms with Crippen molar-refractivity contribution >= 4 is 34.7 Å². The van der Waals surface area contributed by atoms with Gasteiger partial charge in [0.25, 0.3) is 0 Å². The Morgan fingerprint density at radius 1 is 1.38 bits per heavy atom. The van der Waals surface area contributed by atoms with Crippen molar-refractivity contribution in [2.45, 2.75) is 11.2 Å². The molecule has 3 heterocycles. The van der Waals surface area contributed by atoms with E-state index in [0.29, 0.717) is 20.9 Å². The van der Waals surface area contributed by atoms with Gasteiger partial charge in [0.2, 0.25) is 0 Å². The second kappa shape index (κ2) is 5.91. The summed E-state index contributed by atoms with van der Waals surface area (Å²) in [6.45, 7) is 0. The normalized spacial score (nSPS) is 16.3. The van der Waals surface area contributed by atoms with E-state index in [1.807, 2.05) is 18.2 Å². The van der Waals surface area contributed by atoms with Crippen LogP contribution in [-0.4, -0.2) is 15.3 Å². The van der Waals surface area contributed by atoms with Crippen molar-refractivity contribution in [1.29, 1.82) is 0 Å². The molecule has 24 heavy (non-hydrogen) atoms. The molecule has 1 unspecified atom stereocenters. The molecule has 0 fully saturated rings. The fourth-order valence-electron chi connectivity index (χ4n) is 2.86. The van der Waals surface area contributed by atoms with E-state index in [4.69, 9.17) is 11.6 Å². The first-order valence-corrected chi connectivity index (χ1v) is 9.41. The molecule has 122 valence electrons. The molecule has 0 N–H and O–H groups in total. The predicted molar refractivity (Wildman–Crippen MR) is 92.7 cm³/mol. The highest BCUT2D eigenvalue weighted by molar-refractivity contribution is 7.99. The number of nitrogens with zero attached hydrogens (tertiary/aromatic N) is 3. The Kier molecular flexibility index (Phi) is 3.86. The summed E-state index contributed by atoms with van der Waals surface area (Å²) in [5, 5.41) is 13.4. The topological polar surface area (TPSA) is 61.8 Å². The van der Waals surface area contributed by atoms with Crippen molar-refractivity contribution in [2.24, 2.45) is 7.05 Å². The molecule has 3 aromatic rings. The van der Waals surface area contributed by atoms with E-state index in [9.17, 15) is 9.90 Å². The molecule has 4 rings (SSSR count). The van der Waals surface area contributed by atoms with Crippen LogP contribution in [0.3, 0.4) is 0 Å². The Balaban J connectivity index is 1.97. The maximum Gasteiger partial charge on any atom is 0.345 e. The molecule has 0 radical (unpaired) electrons. The largest absolute Gasteiger partial charge is 0.842 e. The van der Waals surface area contributed by atoms with Crippen molar-refractivity contribution in [1.82, 2.24) is 9.55 Å². The lowest BCUT2D eigenvalue weighted by molar-refractivity contribution is -0.751. The second-order valence-corrected chi connectivity index (χ2v) is 8.04. The van der Waals surface area contributed by atoms with Gasteiger partial charge in [0, 0.05) is 6.20 Å². The number of thioether (sulfide) groups is 1. The Labute approximate surface area is 151 Å². The van der Waals surface area contributed by atoms with Crippen LogP contribution < -0.4 is 15.2 Å². The van der Waals surface area contributed by atoms with Crippen LogP contribution in [0.25, 0.3) is 11.1 Å². The van der Waals surface area contributed by atoms with Crippen molar-refractivity contribution in [3.05, 3.63) is 56.2 Å². The van der Waals surface area contributed by atoms with Gasteiger partial charge in [-0.1, -0.05) is 41.9 Å². The predicted octanol–water partition coefficient (Wildman–Crippen LogP) is 2.22. The maximum atomic E-state index is 13.1. The van der Waals surface area contributed by atoms with Gasteiger partial charge in [-0.25, -0.2) is 14.3 Å². The third kappa shape index (κ3) is 2.35. The van der Waals surface area contributed by atoms with Gasteiger partial charge in [0.15, 0.2) is 10.5 Å². The molecule has 2 aromatic heterocycles. The molecule has 0 saturated heterocycles. The average Bonchev–Trinajstić information content (AvgIpc) is 3.20. The fourth-order valence-corrected chi connectivity index (χ4v) is 5.28. The third-order valence-electron chi connectivity index (χ3n) is 4.01. The number of benzene rings is 1. The Hall–Kier alpha value is -1.83. The molecule has 0 bridgehead atoms. The van der Waals surface area contributed by atoms with Gasteiger partial charge in [-0.05, 0) is 17.3 Å². The Bertz CT molecular complexity index is 985. The average molecular weight is 378 g/mol. The van der Waals surface area contributed by atoms with Gasteiger partial charge in [-0.2, -0.15) is 4.57 Å². The van der Waals surface area contributed by atoms with Crippen molar-refractivity contribution in [2.75, 3.05) is 5.75 Å².